The van der Waals surface area contributed by atoms with Gasteiger partial charge in [0, 0.05) is 12.3 Å². The molecule has 1 rings (SSSR count). The van der Waals surface area contributed by atoms with E-state index < -0.39 is 0 Å². The van der Waals surface area contributed by atoms with Gasteiger partial charge in [-0.1, -0.05) is 6.92 Å². The van der Waals surface area contributed by atoms with Gasteiger partial charge in [-0.2, -0.15) is 0 Å². The predicted octanol–water partition coefficient (Wildman–Crippen LogP) is 0.296. The van der Waals surface area contributed by atoms with Crippen molar-refractivity contribution in [1.29, 1.82) is 0 Å². The number of hydrogen-bond donors (Lipinski definition) is 0. The maximum atomic E-state index is 10.8. The Morgan fingerprint density at radius 2 is 2.00 bits per heavy atom. The molecule has 0 N–H and O–H groups in total. The monoisotopic (exact) mass is 150 g/mol. The quantitative estimate of drug-likeness (QED) is 0.367. The number of hydrogen-bond acceptors (Lipinski definition) is 2. The van der Waals surface area contributed by atoms with Crippen LogP contribution in [0.3, 0.4) is 0 Å². The Labute approximate surface area is 82.7 Å². The van der Waals surface area contributed by atoms with Gasteiger partial charge in [0.1, 0.15) is 0 Å². The molecule has 0 aromatic carbocycles. The topological polar surface area (TPSA) is 34.1 Å². The minimum atomic E-state index is -0.172. The summed E-state index contributed by atoms with van der Waals surface area (Å²) >= 11 is 0. The molecular formula is C7H11NaO2. The molecule has 0 aliphatic heterocycles. The van der Waals surface area contributed by atoms with Crippen LogP contribution >= 0.6 is 0 Å². The van der Waals surface area contributed by atoms with Crippen LogP contribution in [0.4, 0.5) is 0 Å². The van der Waals surface area contributed by atoms with Crippen LogP contribution in [0.15, 0.2) is 0 Å². The molecule has 0 aromatic heterocycles. The zero-order valence-electron chi connectivity index (χ0n) is 5.52. The van der Waals surface area contributed by atoms with Gasteiger partial charge in [-0.25, -0.2) is 0 Å². The molecular weight excluding hydrogens is 139 g/mol. The fraction of sp³-hybridized carbons (Fsp3) is 0.714. The molecule has 0 spiro atoms. The fourth-order valence-corrected chi connectivity index (χ4v) is 1.10. The van der Waals surface area contributed by atoms with Gasteiger partial charge < -0.3 is 0 Å². The summed E-state index contributed by atoms with van der Waals surface area (Å²) in [7, 11) is 0. The second-order valence-electron chi connectivity index (χ2n) is 2.58. The van der Waals surface area contributed by atoms with E-state index in [4.69, 9.17) is 0 Å². The molecule has 1 aliphatic carbocycles. The van der Waals surface area contributed by atoms with E-state index in [1.807, 2.05) is 6.92 Å². The Hall–Kier alpha value is 0.340. The number of carbonyl (C=O) groups excluding carboxylic acids is 2. The predicted molar refractivity (Wildman–Crippen MR) is 40.2 cm³/mol. The molecule has 0 aromatic rings. The third kappa shape index (κ3) is 2.19. The first-order valence-corrected chi connectivity index (χ1v) is 3.29. The Morgan fingerprint density at radius 1 is 1.40 bits per heavy atom. The molecule has 0 saturated heterocycles. The average molecular weight is 150 g/mol. The van der Waals surface area contributed by atoms with Crippen molar-refractivity contribution in [3.05, 3.63) is 0 Å². The molecule has 0 amide bonds. The number of ketones is 2. The molecule has 2 nitrogen and oxygen atoms in total. The molecule has 1 saturated carbocycles. The van der Waals surface area contributed by atoms with Crippen LogP contribution in [0.1, 0.15) is 26.2 Å². The molecule has 1 fully saturated rings. The van der Waals surface area contributed by atoms with Crippen molar-refractivity contribution in [2.45, 2.75) is 26.2 Å². The van der Waals surface area contributed by atoms with Gasteiger partial charge in [-0.05, 0) is 12.8 Å². The summed E-state index contributed by atoms with van der Waals surface area (Å²) in [5, 5.41) is 0. The Balaban J connectivity index is 0.000000810. The molecule has 0 bridgehead atoms. The zero-order valence-corrected chi connectivity index (χ0v) is 5.52. The van der Waals surface area contributed by atoms with Crippen LogP contribution in [-0.2, 0) is 9.59 Å². The molecule has 1 atom stereocenters. The van der Waals surface area contributed by atoms with Crippen molar-refractivity contribution >= 4 is 41.1 Å². The molecule has 0 radical (unpaired) electrons. The summed E-state index contributed by atoms with van der Waals surface area (Å²) in [6, 6.07) is 0. The number of carbonyl (C=O) groups is 2. The molecule has 3 heteroatoms. The van der Waals surface area contributed by atoms with Crippen molar-refractivity contribution in [3.63, 3.8) is 0 Å². The van der Waals surface area contributed by atoms with Gasteiger partial charge in [-0.3, -0.25) is 9.59 Å². The van der Waals surface area contributed by atoms with Crippen molar-refractivity contribution in [2.24, 2.45) is 5.92 Å². The maximum absolute atomic E-state index is 10.8. The SMILES string of the molecule is CC1CCCC(=O)C1=O.[NaH]. The fourth-order valence-electron chi connectivity index (χ4n) is 1.10. The van der Waals surface area contributed by atoms with Crippen molar-refractivity contribution in [3.8, 4) is 0 Å². The van der Waals surface area contributed by atoms with E-state index in [0.29, 0.717) is 6.42 Å². The summed E-state index contributed by atoms with van der Waals surface area (Å²) in [6.45, 7) is 1.82. The zero-order chi connectivity index (χ0) is 6.85. The van der Waals surface area contributed by atoms with Gasteiger partial charge in [0.2, 0.25) is 5.78 Å². The summed E-state index contributed by atoms with van der Waals surface area (Å²) in [5.74, 6) is -0.346. The van der Waals surface area contributed by atoms with Crippen molar-refractivity contribution in [1.82, 2.24) is 0 Å². The Bertz CT molecular complexity index is 154. The first-order chi connectivity index (χ1) is 4.22. The summed E-state index contributed by atoms with van der Waals surface area (Å²) in [6.07, 6.45) is 2.26. The van der Waals surface area contributed by atoms with E-state index in [1.165, 1.54) is 0 Å². The molecule has 1 aliphatic rings. The van der Waals surface area contributed by atoms with E-state index >= 15 is 0 Å². The van der Waals surface area contributed by atoms with Gasteiger partial charge in [-0.15, -0.1) is 0 Å². The third-order valence-corrected chi connectivity index (χ3v) is 1.76. The summed E-state index contributed by atoms with van der Waals surface area (Å²) < 4.78 is 0. The van der Waals surface area contributed by atoms with Gasteiger partial charge in [0.25, 0.3) is 0 Å². The normalized spacial score (nSPS) is 25.9. The van der Waals surface area contributed by atoms with Crippen LogP contribution in [0.2, 0.25) is 0 Å². The molecule has 1 unspecified atom stereocenters. The summed E-state index contributed by atoms with van der Waals surface area (Å²) in [4.78, 5) is 21.4. The number of Topliss-reactive ketones (excluding diaryl/α,β-unsaturated/α-hetero) is 2. The van der Waals surface area contributed by atoms with Crippen LogP contribution in [0, 0.1) is 5.92 Å². The average Bonchev–Trinajstić information content (AvgIpc) is 1.83. The van der Waals surface area contributed by atoms with Crippen LogP contribution in [-0.4, -0.2) is 41.1 Å². The van der Waals surface area contributed by atoms with E-state index in [2.05, 4.69) is 0 Å². The molecule has 52 valence electrons. The van der Waals surface area contributed by atoms with Gasteiger partial charge in [0.15, 0.2) is 5.78 Å². The van der Waals surface area contributed by atoms with Gasteiger partial charge in [0.05, 0.1) is 0 Å². The van der Waals surface area contributed by atoms with E-state index in [0.717, 1.165) is 12.8 Å². The first kappa shape index (κ1) is 10.3. The third-order valence-electron chi connectivity index (χ3n) is 1.76. The Morgan fingerprint density at radius 3 is 2.40 bits per heavy atom. The second-order valence-corrected chi connectivity index (χ2v) is 2.58. The van der Waals surface area contributed by atoms with Gasteiger partial charge >= 0.3 is 29.6 Å². The van der Waals surface area contributed by atoms with Crippen LogP contribution < -0.4 is 0 Å². The first-order valence-electron chi connectivity index (χ1n) is 3.29. The standard InChI is InChI=1S/C7H10O2.Na.H/c1-5-3-2-4-6(8)7(5)9;;/h5H,2-4H2,1H3;;. The van der Waals surface area contributed by atoms with E-state index in [-0.39, 0.29) is 47.0 Å². The molecule has 10 heavy (non-hydrogen) atoms. The Kier molecular flexibility index (Phi) is 4.41. The van der Waals surface area contributed by atoms with E-state index in [1.54, 1.807) is 0 Å². The second kappa shape index (κ2) is 4.27. The van der Waals surface area contributed by atoms with Crippen LogP contribution in [0.25, 0.3) is 0 Å². The van der Waals surface area contributed by atoms with Crippen LogP contribution in [0.5, 0.6) is 0 Å². The summed E-state index contributed by atoms with van der Waals surface area (Å²) in [5.41, 5.74) is 0. The molecule has 0 heterocycles. The van der Waals surface area contributed by atoms with E-state index in [9.17, 15) is 9.59 Å². The van der Waals surface area contributed by atoms with Crippen molar-refractivity contribution < 1.29 is 9.59 Å². The van der Waals surface area contributed by atoms with Crippen molar-refractivity contribution in [2.75, 3.05) is 0 Å². The minimum absolute atomic E-state index is 0. The number of rotatable bonds is 0.